The molecule has 3 heteroatoms. The third-order valence-corrected chi connectivity index (χ3v) is 2.42. The number of hydrogen-bond donors (Lipinski definition) is 1. The highest BCUT2D eigenvalue weighted by molar-refractivity contribution is 5.84. The third kappa shape index (κ3) is 4.72. The minimum atomic E-state index is -0.846. The van der Waals surface area contributed by atoms with Crippen molar-refractivity contribution in [3.05, 3.63) is 0 Å². The van der Waals surface area contributed by atoms with E-state index >= 15 is 0 Å². The summed E-state index contributed by atoms with van der Waals surface area (Å²) in [5.41, 5.74) is 0. The Morgan fingerprint density at radius 2 is 1.86 bits per heavy atom. The Hall–Kier alpha value is -0.410. The van der Waals surface area contributed by atoms with Crippen LogP contribution in [0.25, 0.3) is 0 Å². The Bertz CT molecular complexity index is 153. The summed E-state index contributed by atoms with van der Waals surface area (Å²) in [6.45, 7) is 6.59. The van der Waals surface area contributed by atoms with E-state index in [1.807, 2.05) is 20.8 Å². The van der Waals surface area contributed by atoms with E-state index in [1.54, 1.807) is 0 Å². The predicted molar refractivity (Wildman–Crippen MR) is 56.2 cm³/mol. The van der Waals surface area contributed by atoms with Gasteiger partial charge in [0.1, 0.15) is 12.7 Å². The van der Waals surface area contributed by atoms with Crippen LogP contribution in [0.5, 0.6) is 0 Å². The molecule has 0 heterocycles. The van der Waals surface area contributed by atoms with Gasteiger partial charge in [-0.2, -0.15) is 0 Å². The molecule has 0 aromatic heterocycles. The highest BCUT2D eigenvalue weighted by Gasteiger charge is 2.22. The molecule has 14 heavy (non-hydrogen) atoms. The van der Waals surface area contributed by atoms with Crippen molar-refractivity contribution < 1.29 is 14.6 Å². The molecule has 0 aliphatic carbocycles. The number of hydrogen-bond acceptors (Lipinski definition) is 3. The highest BCUT2D eigenvalue weighted by atomic mass is 16.5. The van der Waals surface area contributed by atoms with E-state index in [-0.39, 0.29) is 18.3 Å². The fourth-order valence-electron chi connectivity index (χ4n) is 1.40. The smallest absolute Gasteiger partial charge is 0.187 e. The first-order valence-electron chi connectivity index (χ1n) is 5.45. The molecule has 84 valence electrons. The molecule has 0 bridgehead atoms. The zero-order valence-electron chi connectivity index (χ0n) is 9.45. The van der Waals surface area contributed by atoms with Crippen LogP contribution in [0.3, 0.4) is 0 Å². The van der Waals surface area contributed by atoms with Crippen molar-refractivity contribution >= 4 is 5.78 Å². The van der Waals surface area contributed by atoms with Gasteiger partial charge in [0.2, 0.25) is 0 Å². The van der Waals surface area contributed by atoms with Gasteiger partial charge in [-0.15, -0.1) is 0 Å². The van der Waals surface area contributed by atoms with Gasteiger partial charge in [-0.3, -0.25) is 4.79 Å². The molecule has 0 aliphatic heterocycles. The molecule has 1 unspecified atom stereocenters. The molecule has 0 amide bonds. The molecule has 0 saturated carbocycles. The van der Waals surface area contributed by atoms with Gasteiger partial charge in [0, 0.05) is 6.61 Å². The summed E-state index contributed by atoms with van der Waals surface area (Å²) in [6, 6.07) is 0. The number of aliphatic hydroxyl groups is 1. The Balaban J connectivity index is 3.84. The second-order valence-corrected chi connectivity index (χ2v) is 3.54. The van der Waals surface area contributed by atoms with E-state index in [4.69, 9.17) is 4.74 Å². The molecule has 0 radical (unpaired) electrons. The second-order valence-electron chi connectivity index (χ2n) is 3.54. The lowest BCUT2D eigenvalue weighted by Crippen LogP contribution is -2.32. The summed E-state index contributed by atoms with van der Waals surface area (Å²) >= 11 is 0. The van der Waals surface area contributed by atoms with Crippen molar-refractivity contribution in [1.82, 2.24) is 0 Å². The van der Waals surface area contributed by atoms with Gasteiger partial charge >= 0.3 is 0 Å². The van der Waals surface area contributed by atoms with Gasteiger partial charge < -0.3 is 9.84 Å². The summed E-state index contributed by atoms with van der Waals surface area (Å²) < 4.78 is 5.10. The van der Waals surface area contributed by atoms with E-state index in [0.29, 0.717) is 6.61 Å². The van der Waals surface area contributed by atoms with Crippen molar-refractivity contribution in [3.8, 4) is 0 Å². The lowest BCUT2D eigenvalue weighted by Gasteiger charge is -2.18. The topological polar surface area (TPSA) is 46.5 Å². The Morgan fingerprint density at radius 3 is 2.29 bits per heavy atom. The average Bonchev–Trinajstić information content (AvgIpc) is 2.19. The molecule has 0 aromatic rings. The summed E-state index contributed by atoms with van der Waals surface area (Å²) in [5, 5.41) is 9.65. The lowest BCUT2D eigenvalue weighted by molar-refractivity contribution is -0.134. The molecule has 1 N–H and O–H groups in total. The molecule has 0 aromatic carbocycles. The van der Waals surface area contributed by atoms with Crippen LogP contribution in [-0.2, 0) is 9.53 Å². The fraction of sp³-hybridized carbons (Fsp3) is 0.909. The molecule has 0 fully saturated rings. The van der Waals surface area contributed by atoms with Crippen LogP contribution in [-0.4, -0.2) is 30.2 Å². The van der Waals surface area contributed by atoms with Crippen LogP contribution in [0.1, 0.15) is 40.0 Å². The van der Waals surface area contributed by atoms with Gasteiger partial charge in [0.25, 0.3) is 0 Å². The summed E-state index contributed by atoms with van der Waals surface area (Å²) in [6.07, 6.45) is 1.71. The number of carbonyl (C=O) groups is 1. The number of carbonyl (C=O) groups excluding carboxylic acids is 1. The average molecular weight is 202 g/mol. The maximum Gasteiger partial charge on any atom is 0.187 e. The normalized spacial score (nSPS) is 13.2. The lowest BCUT2D eigenvalue weighted by atomic mass is 9.94. The summed E-state index contributed by atoms with van der Waals surface area (Å²) in [5.74, 6) is -0.111. The fourth-order valence-corrected chi connectivity index (χ4v) is 1.40. The first-order chi connectivity index (χ1) is 6.67. The van der Waals surface area contributed by atoms with Crippen LogP contribution in [0.15, 0.2) is 0 Å². The zero-order chi connectivity index (χ0) is 11.0. The number of aliphatic hydroxyl groups excluding tert-OH is 1. The van der Waals surface area contributed by atoms with Crippen molar-refractivity contribution in [3.63, 3.8) is 0 Å². The number of rotatable bonds is 8. The SMILES string of the molecule is CCCOCC(=O)C(O)C(CC)CC. The Labute approximate surface area is 86.5 Å². The van der Waals surface area contributed by atoms with Crippen LogP contribution in [0, 0.1) is 5.92 Å². The molecule has 3 nitrogen and oxygen atoms in total. The molecular weight excluding hydrogens is 180 g/mol. The van der Waals surface area contributed by atoms with Crippen LogP contribution < -0.4 is 0 Å². The van der Waals surface area contributed by atoms with Gasteiger partial charge in [-0.05, 0) is 12.3 Å². The van der Waals surface area contributed by atoms with Crippen LogP contribution >= 0.6 is 0 Å². The monoisotopic (exact) mass is 202 g/mol. The Kier molecular flexibility index (Phi) is 7.71. The van der Waals surface area contributed by atoms with E-state index in [2.05, 4.69) is 0 Å². The van der Waals surface area contributed by atoms with Gasteiger partial charge in [-0.1, -0.05) is 33.6 Å². The third-order valence-electron chi connectivity index (χ3n) is 2.42. The second kappa shape index (κ2) is 7.94. The molecular formula is C11H22O3. The summed E-state index contributed by atoms with van der Waals surface area (Å²) in [4.78, 5) is 11.4. The van der Waals surface area contributed by atoms with Crippen molar-refractivity contribution in [2.45, 2.75) is 46.1 Å². The highest BCUT2D eigenvalue weighted by Crippen LogP contribution is 2.13. The zero-order valence-corrected chi connectivity index (χ0v) is 9.45. The maximum atomic E-state index is 11.4. The van der Waals surface area contributed by atoms with Crippen molar-refractivity contribution in [2.75, 3.05) is 13.2 Å². The Morgan fingerprint density at radius 1 is 1.29 bits per heavy atom. The van der Waals surface area contributed by atoms with E-state index in [9.17, 15) is 9.90 Å². The first-order valence-corrected chi connectivity index (χ1v) is 5.45. The maximum absolute atomic E-state index is 11.4. The first kappa shape index (κ1) is 13.6. The van der Waals surface area contributed by atoms with Crippen molar-refractivity contribution in [2.24, 2.45) is 5.92 Å². The number of ether oxygens (including phenoxy) is 1. The standard InChI is InChI=1S/C11H22O3/c1-4-7-14-8-10(12)11(13)9(5-2)6-3/h9,11,13H,4-8H2,1-3H3. The van der Waals surface area contributed by atoms with E-state index in [1.165, 1.54) is 0 Å². The molecule has 0 spiro atoms. The van der Waals surface area contributed by atoms with Crippen LogP contribution in [0.2, 0.25) is 0 Å². The van der Waals surface area contributed by atoms with E-state index in [0.717, 1.165) is 19.3 Å². The quantitative estimate of drug-likeness (QED) is 0.610. The largest absolute Gasteiger partial charge is 0.385 e. The number of ketones is 1. The predicted octanol–water partition coefficient (Wildman–Crippen LogP) is 1.78. The van der Waals surface area contributed by atoms with Gasteiger partial charge in [0.05, 0.1) is 0 Å². The molecule has 0 saturated heterocycles. The van der Waals surface area contributed by atoms with Crippen LogP contribution in [0.4, 0.5) is 0 Å². The summed E-state index contributed by atoms with van der Waals surface area (Å²) in [7, 11) is 0. The minimum absolute atomic E-state index is 0.0471. The van der Waals surface area contributed by atoms with E-state index < -0.39 is 6.10 Å². The molecule has 0 aliphatic rings. The minimum Gasteiger partial charge on any atom is -0.385 e. The number of Topliss-reactive ketones (excluding diaryl/α,β-unsaturated/α-hetero) is 1. The molecule has 1 atom stereocenters. The van der Waals surface area contributed by atoms with Gasteiger partial charge in [-0.25, -0.2) is 0 Å². The van der Waals surface area contributed by atoms with Crippen molar-refractivity contribution in [1.29, 1.82) is 0 Å². The van der Waals surface area contributed by atoms with Gasteiger partial charge in [0.15, 0.2) is 5.78 Å². The molecule has 0 rings (SSSR count).